The maximum Gasteiger partial charge on any atom is 0.223 e. The Morgan fingerprint density at radius 2 is 1.94 bits per heavy atom. The molecule has 2 saturated carbocycles. The summed E-state index contributed by atoms with van der Waals surface area (Å²) in [5.41, 5.74) is 0. The molecule has 0 aromatic heterocycles. The molecule has 3 heteroatoms. The molecule has 2 aliphatic carbocycles. The van der Waals surface area contributed by atoms with Gasteiger partial charge < -0.3 is 5.32 Å². The zero-order valence-electron chi connectivity index (χ0n) is 11.4. The average Bonchev–Trinajstić information content (AvgIpc) is 2.41. The Morgan fingerprint density at radius 3 is 2.44 bits per heavy atom. The van der Waals surface area contributed by atoms with E-state index in [0.717, 1.165) is 25.2 Å². The molecule has 0 heterocycles. The van der Waals surface area contributed by atoms with Gasteiger partial charge in [-0.3, -0.25) is 9.59 Å². The lowest BCUT2D eigenvalue weighted by Gasteiger charge is -2.31. The van der Waals surface area contributed by atoms with Crippen LogP contribution in [0.15, 0.2) is 0 Å². The lowest BCUT2D eigenvalue weighted by atomic mass is 9.79. The molecule has 2 rings (SSSR count). The van der Waals surface area contributed by atoms with Gasteiger partial charge >= 0.3 is 0 Å². The van der Waals surface area contributed by atoms with Gasteiger partial charge in [-0.1, -0.05) is 26.2 Å². The second-order valence-corrected chi connectivity index (χ2v) is 5.93. The molecular weight excluding hydrogens is 226 g/mol. The number of rotatable bonds is 5. The van der Waals surface area contributed by atoms with E-state index in [0.29, 0.717) is 6.42 Å². The Bertz CT molecular complexity index is 306. The van der Waals surface area contributed by atoms with Gasteiger partial charge in [0.15, 0.2) is 5.78 Å². The second-order valence-electron chi connectivity index (χ2n) is 5.93. The number of nitrogens with one attached hydrogen (secondary N) is 1. The van der Waals surface area contributed by atoms with Gasteiger partial charge in [-0.15, -0.1) is 0 Å². The van der Waals surface area contributed by atoms with Crippen LogP contribution >= 0.6 is 0 Å². The summed E-state index contributed by atoms with van der Waals surface area (Å²) in [7, 11) is 0. The monoisotopic (exact) mass is 251 g/mol. The van der Waals surface area contributed by atoms with Gasteiger partial charge in [0.05, 0.1) is 6.04 Å². The van der Waals surface area contributed by atoms with Crippen LogP contribution in [0.1, 0.15) is 64.7 Å². The minimum atomic E-state index is -0.157. The highest BCUT2D eigenvalue weighted by atomic mass is 16.2. The van der Waals surface area contributed by atoms with E-state index in [1.807, 2.05) is 0 Å². The van der Waals surface area contributed by atoms with Crippen LogP contribution in [0.4, 0.5) is 0 Å². The molecule has 3 nitrogen and oxygen atoms in total. The SMILES string of the molecule is CCCCC1CCC(C(=O)N[C@H]2CCC2=O)CC1. The molecule has 102 valence electrons. The first kappa shape index (κ1) is 13.6. The molecule has 0 aliphatic heterocycles. The van der Waals surface area contributed by atoms with Crippen molar-refractivity contribution in [2.45, 2.75) is 70.8 Å². The molecule has 0 saturated heterocycles. The molecule has 0 radical (unpaired) electrons. The third-order valence-electron chi connectivity index (χ3n) is 4.57. The van der Waals surface area contributed by atoms with Gasteiger partial charge in [0.25, 0.3) is 0 Å². The maximum absolute atomic E-state index is 12.0. The van der Waals surface area contributed by atoms with Crippen molar-refractivity contribution in [2.24, 2.45) is 11.8 Å². The zero-order valence-corrected chi connectivity index (χ0v) is 11.4. The van der Waals surface area contributed by atoms with Crippen LogP contribution in [-0.4, -0.2) is 17.7 Å². The molecule has 18 heavy (non-hydrogen) atoms. The molecule has 0 aromatic rings. The minimum Gasteiger partial charge on any atom is -0.346 e. The number of unbranched alkanes of at least 4 members (excludes halogenated alkanes) is 1. The summed E-state index contributed by atoms with van der Waals surface area (Å²) in [6, 6.07) is -0.157. The number of carbonyl (C=O) groups excluding carboxylic acids is 2. The van der Waals surface area contributed by atoms with E-state index in [1.165, 1.54) is 32.1 Å². The van der Waals surface area contributed by atoms with Gasteiger partial charge in [-0.2, -0.15) is 0 Å². The van der Waals surface area contributed by atoms with Crippen LogP contribution in [-0.2, 0) is 9.59 Å². The van der Waals surface area contributed by atoms with Gasteiger partial charge in [-0.25, -0.2) is 0 Å². The highest BCUT2D eigenvalue weighted by Gasteiger charge is 2.32. The van der Waals surface area contributed by atoms with Gasteiger partial charge in [0.2, 0.25) is 5.91 Å². The summed E-state index contributed by atoms with van der Waals surface area (Å²) in [6.07, 6.45) is 9.81. The molecule has 0 spiro atoms. The molecule has 2 fully saturated rings. The molecule has 0 bridgehead atoms. The lowest BCUT2D eigenvalue weighted by molar-refractivity contribution is -0.134. The van der Waals surface area contributed by atoms with Crippen molar-refractivity contribution in [3.63, 3.8) is 0 Å². The fourth-order valence-electron chi connectivity index (χ4n) is 3.05. The molecule has 0 aromatic carbocycles. The highest BCUT2D eigenvalue weighted by molar-refractivity contribution is 5.93. The van der Waals surface area contributed by atoms with Crippen LogP contribution in [0.3, 0.4) is 0 Å². The van der Waals surface area contributed by atoms with Crippen molar-refractivity contribution >= 4 is 11.7 Å². The average molecular weight is 251 g/mol. The number of carbonyl (C=O) groups is 2. The number of ketones is 1. The molecule has 1 N–H and O–H groups in total. The topological polar surface area (TPSA) is 46.2 Å². The van der Waals surface area contributed by atoms with Crippen molar-refractivity contribution in [3.05, 3.63) is 0 Å². The van der Waals surface area contributed by atoms with Crippen molar-refractivity contribution in [1.82, 2.24) is 5.32 Å². The van der Waals surface area contributed by atoms with Crippen molar-refractivity contribution in [1.29, 1.82) is 0 Å². The van der Waals surface area contributed by atoms with Gasteiger partial charge in [-0.05, 0) is 38.0 Å². The van der Waals surface area contributed by atoms with Crippen molar-refractivity contribution in [2.75, 3.05) is 0 Å². The highest BCUT2D eigenvalue weighted by Crippen LogP contribution is 2.32. The van der Waals surface area contributed by atoms with E-state index in [1.54, 1.807) is 0 Å². The molecule has 0 unspecified atom stereocenters. The fraction of sp³-hybridized carbons (Fsp3) is 0.867. The van der Waals surface area contributed by atoms with E-state index in [2.05, 4.69) is 12.2 Å². The summed E-state index contributed by atoms with van der Waals surface area (Å²) >= 11 is 0. The van der Waals surface area contributed by atoms with Crippen LogP contribution < -0.4 is 5.32 Å². The normalized spacial score (nSPS) is 31.8. The quantitative estimate of drug-likeness (QED) is 0.816. The Kier molecular flexibility index (Phi) is 4.79. The first-order valence-corrected chi connectivity index (χ1v) is 7.53. The summed E-state index contributed by atoms with van der Waals surface area (Å²) in [6.45, 7) is 2.23. The Balaban J connectivity index is 1.68. The Hall–Kier alpha value is -0.860. The second kappa shape index (κ2) is 6.35. The zero-order chi connectivity index (χ0) is 13.0. The number of Topliss-reactive ketones (excluding diaryl/α,β-unsaturated/α-hetero) is 1. The van der Waals surface area contributed by atoms with Crippen LogP contribution in [0.5, 0.6) is 0 Å². The minimum absolute atomic E-state index is 0.127. The van der Waals surface area contributed by atoms with Gasteiger partial charge in [0, 0.05) is 12.3 Å². The first-order chi connectivity index (χ1) is 8.70. The van der Waals surface area contributed by atoms with E-state index < -0.39 is 0 Å². The smallest absolute Gasteiger partial charge is 0.223 e. The molecule has 1 atom stereocenters. The summed E-state index contributed by atoms with van der Waals surface area (Å²) in [5, 5.41) is 2.91. The molecule has 2 aliphatic rings. The lowest BCUT2D eigenvalue weighted by Crippen LogP contribution is -2.49. The van der Waals surface area contributed by atoms with Gasteiger partial charge in [0.1, 0.15) is 0 Å². The first-order valence-electron chi connectivity index (χ1n) is 7.53. The summed E-state index contributed by atoms with van der Waals surface area (Å²) in [5.74, 6) is 1.33. The van der Waals surface area contributed by atoms with Crippen LogP contribution in [0, 0.1) is 11.8 Å². The number of hydrogen-bond acceptors (Lipinski definition) is 2. The summed E-state index contributed by atoms with van der Waals surface area (Å²) in [4.78, 5) is 23.2. The third kappa shape index (κ3) is 3.33. The van der Waals surface area contributed by atoms with Crippen molar-refractivity contribution in [3.8, 4) is 0 Å². The van der Waals surface area contributed by atoms with Crippen LogP contribution in [0.2, 0.25) is 0 Å². The Morgan fingerprint density at radius 1 is 1.22 bits per heavy atom. The molecule has 1 amide bonds. The summed E-state index contributed by atoms with van der Waals surface area (Å²) < 4.78 is 0. The predicted octanol–water partition coefficient (Wildman–Crippen LogP) is 2.83. The van der Waals surface area contributed by atoms with Crippen LogP contribution in [0.25, 0.3) is 0 Å². The maximum atomic E-state index is 12.0. The largest absolute Gasteiger partial charge is 0.346 e. The third-order valence-corrected chi connectivity index (χ3v) is 4.57. The number of amides is 1. The standard InChI is InChI=1S/C15H25NO2/c1-2-3-4-11-5-7-12(8-6-11)15(18)16-13-9-10-14(13)17/h11-13H,2-10H2,1H3,(H,16,18)/t11?,12?,13-/m0/s1. The van der Waals surface area contributed by atoms with E-state index in [-0.39, 0.29) is 23.7 Å². The predicted molar refractivity (Wildman–Crippen MR) is 71.1 cm³/mol. The van der Waals surface area contributed by atoms with E-state index in [4.69, 9.17) is 0 Å². The Labute approximate surface area is 110 Å². The van der Waals surface area contributed by atoms with E-state index >= 15 is 0 Å². The van der Waals surface area contributed by atoms with Crippen molar-refractivity contribution < 1.29 is 9.59 Å². The number of hydrogen-bond donors (Lipinski definition) is 1. The van der Waals surface area contributed by atoms with E-state index in [9.17, 15) is 9.59 Å². The fourth-order valence-corrected chi connectivity index (χ4v) is 3.05. The molecular formula is C15H25NO2.